The highest BCUT2D eigenvalue weighted by atomic mass is 79.9. The molecule has 0 aliphatic carbocycles. The summed E-state index contributed by atoms with van der Waals surface area (Å²) < 4.78 is 0.968. The number of rotatable bonds is 2. The zero-order valence-electron chi connectivity index (χ0n) is 11.0. The van der Waals surface area contributed by atoms with E-state index in [2.05, 4.69) is 20.9 Å². The molecule has 0 fully saturated rings. The lowest BCUT2D eigenvalue weighted by Gasteiger charge is -2.16. The molecule has 20 heavy (non-hydrogen) atoms. The molecular formula is C17H14BrNO. The maximum absolute atomic E-state index is 10.7. The molecular weight excluding hydrogens is 314 g/mol. The smallest absolute Gasteiger partial charge is 0.105 e. The molecule has 0 amide bonds. The van der Waals surface area contributed by atoms with E-state index in [1.165, 1.54) is 0 Å². The second kappa shape index (κ2) is 5.35. The number of aliphatic hydroxyl groups excluding tert-OH is 1. The third-order valence-electron chi connectivity index (χ3n) is 3.55. The molecule has 3 aromatic rings. The van der Waals surface area contributed by atoms with Crippen molar-refractivity contribution >= 4 is 26.7 Å². The second-order valence-electron chi connectivity index (χ2n) is 4.85. The van der Waals surface area contributed by atoms with E-state index in [1.54, 1.807) is 12.4 Å². The molecule has 1 heterocycles. The van der Waals surface area contributed by atoms with E-state index in [4.69, 9.17) is 0 Å². The van der Waals surface area contributed by atoms with Gasteiger partial charge in [-0.25, -0.2) is 0 Å². The van der Waals surface area contributed by atoms with Crippen LogP contribution in [0.3, 0.4) is 0 Å². The lowest BCUT2D eigenvalue weighted by molar-refractivity contribution is 0.221. The molecule has 0 aliphatic heterocycles. The topological polar surface area (TPSA) is 33.1 Å². The number of benzene rings is 2. The van der Waals surface area contributed by atoms with E-state index in [-0.39, 0.29) is 0 Å². The first-order valence-corrected chi connectivity index (χ1v) is 7.23. The zero-order chi connectivity index (χ0) is 14.1. The van der Waals surface area contributed by atoms with Crippen LogP contribution in [0.4, 0.5) is 0 Å². The van der Waals surface area contributed by atoms with Gasteiger partial charge in [-0.3, -0.25) is 4.98 Å². The van der Waals surface area contributed by atoms with Crippen LogP contribution in [0.25, 0.3) is 10.8 Å². The van der Waals surface area contributed by atoms with E-state index in [1.807, 2.05) is 49.4 Å². The van der Waals surface area contributed by atoms with Crippen molar-refractivity contribution in [2.45, 2.75) is 13.0 Å². The van der Waals surface area contributed by atoms with Crippen molar-refractivity contribution in [3.05, 3.63) is 76.0 Å². The minimum Gasteiger partial charge on any atom is -0.384 e. The minimum atomic E-state index is -0.652. The highest BCUT2D eigenvalue weighted by Gasteiger charge is 2.15. The third-order valence-corrected chi connectivity index (χ3v) is 4.04. The van der Waals surface area contributed by atoms with Crippen LogP contribution in [-0.4, -0.2) is 10.1 Å². The summed E-state index contributed by atoms with van der Waals surface area (Å²) in [5, 5.41) is 12.8. The van der Waals surface area contributed by atoms with Crippen LogP contribution in [0.2, 0.25) is 0 Å². The first kappa shape index (κ1) is 13.3. The van der Waals surface area contributed by atoms with Crippen molar-refractivity contribution in [3.63, 3.8) is 0 Å². The van der Waals surface area contributed by atoms with Crippen molar-refractivity contribution in [1.29, 1.82) is 0 Å². The third kappa shape index (κ3) is 2.35. The number of nitrogens with zero attached hydrogens (tertiary/aromatic N) is 1. The predicted octanol–water partition coefficient (Wildman–Crippen LogP) is 4.39. The lowest BCUT2D eigenvalue weighted by Crippen LogP contribution is -2.03. The van der Waals surface area contributed by atoms with Gasteiger partial charge in [-0.2, -0.15) is 0 Å². The van der Waals surface area contributed by atoms with E-state index >= 15 is 0 Å². The summed E-state index contributed by atoms with van der Waals surface area (Å²) in [6.07, 6.45) is 2.92. The van der Waals surface area contributed by atoms with E-state index in [0.717, 1.165) is 31.9 Å². The van der Waals surface area contributed by atoms with Gasteiger partial charge in [-0.05, 0) is 47.2 Å². The van der Waals surface area contributed by atoms with Crippen LogP contribution in [-0.2, 0) is 0 Å². The summed E-state index contributed by atoms with van der Waals surface area (Å²) >= 11 is 3.46. The largest absolute Gasteiger partial charge is 0.384 e. The van der Waals surface area contributed by atoms with Gasteiger partial charge in [0.2, 0.25) is 0 Å². The molecule has 100 valence electrons. The van der Waals surface area contributed by atoms with Crippen molar-refractivity contribution < 1.29 is 5.11 Å². The Morgan fingerprint density at radius 2 is 1.95 bits per heavy atom. The fraction of sp³-hybridized carbons (Fsp3) is 0.118. The molecule has 2 aromatic carbocycles. The fourth-order valence-corrected chi connectivity index (χ4v) is 2.83. The van der Waals surface area contributed by atoms with Crippen LogP contribution in [0.1, 0.15) is 22.8 Å². The first-order valence-electron chi connectivity index (χ1n) is 6.43. The molecule has 3 rings (SSSR count). The van der Waals surface area contributed by atoms with Gasteiger partial charge >= 0.3 is 0 Å². The molecule has 2 nitrogen and oxygen atoms in total. The molecule has 0 bridgehead atoms. The molecule has 0 radical (unpaired) electrons. The van der Waals surface area contributed by atoms with Gasteiger partial charge < -0.3 is 5.11 Å². The number of pyridine rings is 1. The van der Waals surface area contributed by atoms with Crippen molar-refractivity contribution in [2.75, 3.05) is 0 Å². The summed E-state index contributed by atoms with van der Waals surface area (Å²) in [4.78, 5) is 4.17. The zero-order valence-corrected chi connectivity index (χ0v) is 12.6. The monoisotopic (exact) mass is 327 g/mol. The molecule has 0 saturated heterocycles. The van der Waals surface area contributed by atoms with Crippen molar-refractivity contribution in [1.82, 2.24) is 4.98 Å². The number of halogens is 1. The molecule has 1 atom stereocenters. The SMILES string of the molecule is Cc1ccc(Br)cc1C(O)c1cccc2ccncc12. The molecule has 0 aliphatic rings. The van der Waals surface area contributed by atoms with E-state index < -0.39 is 6.10 Å². The summed E-state index contributed by atoms with van der Waals surface area (Å²) in [5.41, 5.74) is 2.87. The fourth-order valence-electron chi connectivity index (χ4n) is 2.45. The Morgan fingerprint density at radius 3 is 2.80 bits per heavy atom. The summed E-state index contributed by atoms with van der Waals surface area (Å²) in [6.45, 7) is 2.01. The van der Waals surface area contributed by atoms with Crippen LogP contribution in [0.5, 0.6) is 0 Å². The Kier molecular flexibility index (Phi) is 3.55. The average molecular weight is 328 g/mol. The summed E-state index contributed by atoms with van der Waals surface area (Å²) in [7, 11) is 0. The Bertz CT molecular complexity index is 765. The molecule has 1 N–H and O–H groups in total. The highest BCUT2D eigenvalue weighted by molar-refractivity contribution is 9.10. The van der Waals surface area contributed by atoms with Gasteiger partial charge in [0.15, 0.2) is 0 Å². The van der Waals surface area contributed by atoms with Crippen LogP contribution < -0.4 is 0 Å². The Morgan fingerprint density at radius 1 is 1.10 bits per heavy atom. The van der Waals surface area contributed by atoms with Gasteiger partial charge in [0.05, 0.1) is 0 Å². The Hall–Kier alpha value is -1.71. The Labute approximate surface area is 126 Å². The molecule has 0 saturated carbocycles. The number of aryl methyl sites for hydroxylation is 1. The van der Waals surface area contributed by atoms with Crippen LogP contribution in [0.15, 0.2) is 59.3 Å². The number of hydrogen-bond acceptors (Lipinski definition) is 2. The molecule has 0 spiro atoms. The van der Waals surface area contributed by atoms with Crippen molar-refractivity contribution in [3.8, 4) is 0 Å². The second-order valence-corrected chi connectivity index (χ2v) is 5.76. The van der Waals surface area contributed by atoms with E-state index in [9.17, 15) is 5.11 Å². The Balaban J connectivity index is 2.17. The quantitative estimate of drug-likeness (QED) is 0.757. The van der Waals surface area contributed by atoms with Gasteiger partial charge in [-0.15, -0.1) is 0 Å². The minimum absolute atomic E-state index is 0.652. The molecule has 1 aromatic heterocycles. The highest BCUT2D eigenvalue weighted by Crippen LogP contribution is 2.31. The van der Waals surface area contributed by atoms with Crippen molar-refractivity contribution in [2.24, 2.45) is 0 Å². The lowest BCUT2D eigenvalue weighted by atomic mass is 9.94. The first-order chi connectivity index (χ1) is 9.66. The van der Waals surface area contributed by atoms with Gasteiger partial charge in [0.1, 0.15) is 6.10 Å². The van der Waals surface area contributed by atoms with Crippen LogP contribution >= 0.6 is 15.9 Å². The molecule has 3 heteroatoms. The normalized spacial score (nSPS) is 12.6. The number of fused-ring (bicyclic) bond motifs is 1. The van der Waals surface area contributed by atoms with Gasteiger partial charge in [0.25, 0.3) is 0 Å². The number of aliphatic hydroxyl groups is 1. The molecule has 1 unspecified atom stereocenters. The number of hydrogen-bond donors (Lipinski definition) is 1. The average Bonchev–Trinajstić information content (AvgIpc) is 2.48. The van der Waals surface area contributed by atoms with Gasteiger partial charge in [-0.1, -0.05) is 40.2 Å². The maximum Gasteiger partial charge on any atom is 0.105 e. The predicted molar refractivity (Wildman–Crippen MR) is 84.7 cm³/mol. The summed E-state index contributed by atoms with van der Waals surface area (Å²) in [5.74, 6) is 0. The number of aromatic nitrogens is 1. The van der Waals surface area contributed by atoms with Gasteiger partial charge in [0, 0.05) is 22.3 Å². The van der Waals surface area contributed by atoms with E-state index in [0.29, 0.717) is 0 Å². The maximum atomic E-state index is 10.7. The standard InChI is InChI=1S/C17H14BrNO/c1-11-5-6-13(18)9-15(11)17(20)14-4-2-3-12-7-8-19-10-16(12)14/h2-10,17,20H,1H3. The summed E-state index contributed by atoms with van der Waals surface area (Å²) in [6, 6.07) is 13.9. The van der Waals surface area contributed by atoms with Crippen LogP contribution in [0, 0.1) is 6.92 Å².